The number of morpholine rings is 1. The molecular formula is C21H26N2O5. The zero-order chi connectivity index (χ0) is 19.9. The van der Waals surface area contributed by atoms with Crippen LogP contribution in [0.15, 0.2) is 30.5 Å². The van der Waals surface area contributed by atoms with Gasteiger partial charge in [-0.05, 0) is 26.8 Å². The lowest BCUT2D eigenvalue weighted by molar-refractivity contribution is -0.106. The monoisotopic (exact) mass is 386 g/mol. The molecule has 1 unspecified atom stereocenters. The summed E-state index contributed by atoms with van der Waals surface area (Å²) in [6, 6.07) is 7.34. The number of carbonyl (C=O) groups excluding carboxylic acids is 2. The van der Waals surface area contributed by atoms with Gasteiger partial charge in [-0.15, -0.1) is 0 Å². The maximum absolute atomic E-state index is 12.7. The van der Waals surface area contributed by atoms with Crippen LogP contribution in [0, 0.1) is 0 Å². The summed E-state index contributed by atoms with van der Waals surface area (Å²) in [5.74, 6) is -0.341. The summed E-state index contributed by atoms with van der Waals surface area (Å²) in [7, 11) is 0. The van der Waals surface area contributed by atoms with Crippen molar-refractivity contribution >= 4 is 23.0 Å². The lowest BCUT2D eigenvalue weighted by Gasteiger charge is -2.47. The maximum atomic E-state index is 12.7. The fraction of sp³-hybridized carbons (Fsp3) is 0.524. The Bertz CT molecular complexity index is 870. The van der Waals surface area contributed by atoms with Crippen molar-refractivity contribution in [3.8, 4) is 0 Å². The van der Waals surface area contributed by atoms with Crippen LogP contribution in [0.1, 0.15) is 44.0 Å². The minimum atomic E-state index is -0.551. The standard InChI is InChI=1S/C21H26N2O5/c1-21(2,3)28-20(25)23-13-8-15(9-14(23)12-26-11-13)27-19(24)17-10-22-18-7-5-4-6-16(17)18/h4-7,10,13-15,22H,8-9,11-12H2,1-3H3/t13-,14+,15?. The number of esters is 1. The third-order valence-electron chi connectivity index (χ3n) is 5.16. The first-order chi connectivity index (χ1) is 13.3. The third kappa shape index (κ3) is 3.71. The number of benzene rings is 1. The summed E-state index contributed by atoms with van der Waals surface area (Å²) >= 11 is 0. The van der Waals surface area contributed by atoms with Crippen LogP contribution in [0.5, 0.6) is 0 Å². The Morgan fingerprint density at radius 2 is 1.82 bits per heavy atom. The predicted octanol–water partition coefficient (Wildman–Crippen LogP) is 3.49. The molecule has 0 spiro atoms. The topological polar surface area (TPSA) is 80.9 Å². The Labute approximate surface area is 163 Å². The van der Waals surface area contributed by atoms with Crippen LogP contribution in [0.25, 0.3) is 10.9 Å². The molecule has 7 nitrogen and oxygen atoms in total. The average Bonchev–Trinajstić information content (AvgIpc) is 3.03. The van der Waals surface area contributed by atoms with E-state index in [1.165, 1.54) is 0 Å². The van der Waals surface area contributed by atoms with Gasteiger partial charge < -0.3 is 19.2 Å². The fourth-order valence-electron chi connectivity index (χ4n) is 4.03. The van der Waals surface area contributed by atoms with Gasteiger partial charge >= 0.3 is 12.1 Å². The zero-order valence-electron chi connectivity index (χ0n) is 16.4. The van der Waals surface area contributed by atoms with Gasteiger partial charge in [-0.3, -0.25) is 4.90 Å². The van der Waals surface area contributed by atoms with Gasteiger partial charge in [0, 0.05) is 29.9 Å². The van der Waals surface area contributed by atoms with Crippen LogP contribution in [-0.4, -0.2) is 58.9 Å². The number of nitrogens with zero attached hydrogens (tertiary/aromatic N) is 1. The van der Waals surface area contributed by atoms with Gasteiger partial charge in [0.1, 0.15) is 11.7 Å². The largest absolute Gasteiger partial charge is 0.459 e. The molecule has 2 fully saturated rings. The van der Waals surface area contributed by atoms with Crippen LogP contribution in [0.4, 0.5) is 4.79 Å². The summed E-state index contributed by atoms with van der Waals surface area (Å²) in [5, 5.41) is 0.849. The molecule has 2 aromatic rings. The van der Waals surface area contributed by atoms with Crippen molar-refractivity contribution in [2.75, 3.05) is 13.2 Å². The number of hydrogen-bond acceptors (Lipinski definition) is 5. The van der Waals surface area contributed by atoms with Crippen molar-refractivity contribution in [1.29, 1.82) is 0 Å². The number of aromatic nitrogens is 1. The van der Waals surface area contributed by atoms with Crippen LogP contribution in [-0.2, 0) is 14.2 Å². The quantitative estimate of drug-likeness (QED) is 0.799. The highest BCUT2D eigenvalue weighted by Gasteiger charge is 2.44. The lowest BCUT2D eigenvalue weighted by Crippen LogP contribution is -2.61. The molecule has 2 aliphatic heterocycles. The number of para-hydroxylation sites is 1. The number of carbonyl (C=O) groups is 2. The Hall–Kier alpha value is -2.54. The molecule has 3 atom stereocenters. The minimum Gasteiger partial charge on any atom is -0.459 e. The third-order valence-corrected chi connectivity index (χ3v) is 5.16. The van der Waals surface area contributed by atoms with E-state index in [1.54, 1.807) is 11.1 Å². The second-order valence-corrected chi connectivity index (χ2v) is 8.48. The second kappa shape index (κ2) is 7.13. The highest BCUT2D eigenvalue weighted by molar-refractivity contribution is 6.04. The lowest BCUT2D eigenvalue weighted by atomic mass is 9.92. The number of rotatable bonds is 2. The van der Waals surface area contributed by atoms with Crippen LogP contribution in [0.2, 0.25) is 0 Å². The first kappa shape index (κ1) is 18.8. The molecule has 1 N–H and O–H groups in total. The van der Waals surface area contributed by atoms with Gasteiger partial charge in [0.25, 0.3) is 0 Å². The molecule has 0 saturated carbocycles. The van der Waals surface area contributed by atoms with Gasteiger partial charge in [-0.2, -0.15) is 0 Å². The Kier molecular flexibility index (Phi) is 4.79. The van der Waals surface area contributed by atoms with E-state index in [1.807, 2.05) is 45.0 Å². The summed E-state index contributed by atoms with van der Waals surface area (Å²) in [5.41, 5.74) is 0.885. The molecule has 0 radical (unpaired) electrons. The smallest absolute Gasteiger partial charge is 0.410 e. The first-order valence-electron chi connectivity index (χ1n) is 9.68. The van der Waals surface area contributed by atoms with Crippen molar-refractivity contribution in [2.45, 2.75) is 57.4 Å². The van der Waals surface area contributed by atoms with E-state index in [4.69, 9.17) is 14.2 Å². The van der Waals surface area contributed by atoms with Crippen molar-refractivity contribution in [3.63, 3.8) is 0 Å². The van der Waals surface area contributed by atoms with E-state index in [2.05, 4.69) is 4.98 Å². The maximum Gasteiger partial charge on any atom is 0.410 e. The van der Waals surface area contributed by atoms with Gasteiger partial charge in [-0.1, -0.05) is 18.2 Å². The molecule has 150 valence electrons. The highest BCUT2D eigenvalue weighted by atomic mass is 16.6. The van der Waals surface area contributed by atoms with E-state index >= 15 is 0 Å². The molecule has 0 aliphatic carbocycles. The number of ether oxygens (including phenoxy) is 3. The molecule has 28 heavy (non-hydrogen) atoms. The van der Waals surface area contributed by atoms with Gasteiger partial charge in [0.05, 0.1) is 30.9 Å². The Morgan fingerprint density at radius 3 is 2.50 bits per heavy atom. The number of hydrogen-bond donors (Lipinski definition) is 1. The van der Waals surface area contributed by atoms with Crippen molar-refractivity contribution in [3.05, 3.63) is 36.0 Å². The van der Waals surface area contributed by atoms with Crippen LogP contribution in [0.3, 0.4) is 0 Å². The van der Waals surface area contributed by atoms with Crippen molar-refractivity contribution in [1.82, 2.24) is 9.88 Å². The minimum absolute atomic E-state index is 0.150. The number of aromatic amines is 1. The summed E-state index contributed by atoms with van der Waals surface area (Å²) in [6.45, 7) is 6.42. The number of H-pyrrole nitrogens is 1. The molecule has 4 rings (SSSR count). The van der Waals surface area contributed by atoms with E-state index in [0.29, 0.717) is 31.6 Å². The molecule has 2 aliphatic rings. The number of nitrogens with one attached hydrogen (secondary N) is 1. The summed E-state index contributed by atoms with van der Waals surface area (Å²) < 4.78 is 17.0. The number of piperidine rings is 1. The summed E-state index contributed by atoms with van der Waals surface area (Å²) in [4.78, 5) is 30.2. The van der Waals surface area contributed by atoms with E-state index in [9.17, 15) is 9.59 Å². The molecule has 1 amide bonds. The van der Waals surface area contributed by atoms with Crippen LogP contribution >= 0.6 is 0 Å². The van der Waals surface area contributed by atoms with Crippen LogP contribution < -0.4 is 0 Å². The fourth-order valence-corrected chi connectivity index (χ4v) is 4.03. The molecule has 1 aromatic carbocycles. The molecule has 7 heteroatoms. The number of fused-ring (bicyclic) bond motifs is 3. The zero-order valence-corrected chi connectivity index (χ0v) is 16.4. The molecule has 2 bridgehead atoms. The molecule has 2 saturated heterocycles. The van der Waals surface area contributed by atoms with Crippen molar-refractivity contribution in [2.24, 2.45) is 0 Å². The Morgan fingerprint density at radius 1 is 1.14 bits per heavy atom. The Balaban J connectivity index is 1.45. The second-order valence-electron chi connectivity index (χ2n) is 8.48. The normalized spacial score (nSPS) is 24.8. The summed E-state index contributed by atoms with van der Waals surface area (Å²) in [6.07, 6.45) is 2.20. The predicted molar refractivity (Wildman–Crippen MR) is 103 cm³/mol. The highest BCUT2D eigenvalue weighted by Crippen LogP contribution is 2.32. The van der Waals surface area contributed by atoms with E-state index in [-0.39, 0.29) is 30.3 Å². The SMILES string of the molecule is CC(C)(C)OC(=O)N1[C@@H]2COC[C@H]1CC(OC(=O)c1c[nH]c3ccccc13)C2. The van der Waals surface area contributed by atoms with Gasteiger partial charge in [-0.25, -0.2) is 9.59 Å². The first-order valence-corrected chi connectivity index (χ1v) is 9.68. The molecule has 3 heterocycles. The number of amides is 1. The van der Waals surface area contributed by atoms with E-state index in [0.717, 1.165) is 10.9 Å². The molecular weight excluding hydrogens is 360 g/mol. The molecule has 1 aromatic heterocycles. The van der Waals surface area contributed by atoms with Gasteiger partial charge in [0.15, 0.2) is 0 Å². The van der Waals surface area contributed by atoms with Gasteiger partial charge in [0.2, 0.25) is 0 Å². The van der Waals surface area contributed by atoms with E-state index < -0.39 is 5.60 Å². The van der Waals surface area contributed by atoms with Crippen molar-refractivity contribution < 1.29 is 23.8 Å². The average molecular weight is 386 g/mol.